The highest BCUT2D eigenvalue weighted by molar-refractivity contribution is 6.37. The Morgan fingerprint density at radius 1 is 1.24 bits per heavy atom. The number of esters is 1. The maximum atomic E-state index is 12.2. The number of carbonyl (C=O) groups is 1. The molecule has 0 fully saturated rings. The second kappa shape index (κ2) is 9.16. The van der Waals surface area contributed by atoms with Crippen molar-refractivity contribution < 1.29 is 14.3 Å². The van der Waals surface area contributed by atoms with Crippen molar-refractivity contribution in [3.63, 3.8) is 0 Å². The molecule has 0 aromatic heterocycles. The van der Waals surface area contributed by atoms with Crippen molar-refractivity contribution in [1.82, 2.24) is 0 Å². The molecule has 1 atom stereocenters. The molecule has 118 valence electrons. The van der Waals surface area contributed by atoms with E-state index in [1.807, 2.05) is 0 Å². The molecule has 0 N–H and O–H groups in total. The Hall–Kier alpha value is -0.930. The molecule has 1 aromatic rings. The molecule has 0 radical (unpaired) electrons. The van der Waals surface area contributed by atoms with E-state index in [-0.39, 0.29) is 16.3 Å². The molecule has 5 heteroatoms. The molecule has 1 rings (SSSR count). The highest BCUT2D eigenvalue weighted by Gasteiger charge is 2.21. The minimum absolute atomic E-state index is 0.192. The molecule has 0 unspecified atom stereocenters. The Balaban J connectivity index is 2.78. The van der Waals surface area contributed by atoms with Crippen LogP contribution in [-0.2, 0) is 4.74 Å². The molecule has 0 aliphatic rings. The molecular weight excluding hydrogens is 311 g/mol. The van der Waals surface area contributed by atoms with Crippen LogP contribution < -0.4 is 4.74 Å². The first kappa shape index (κ1) is 18.1. The van der Waals surface area contributed by atoms with Crippen LogP contribution in [0.15, 0.2) is 12.1 Å². The van der Waals surface area contributed by atoms with Crippen LogP contribution in [0, 0.1) is 5.92 Å². The van der Waals surface area contributed by atoms with Gasteiger partial charge in [-0.15, -0.1) is 0 Å². The van der Waals surface area contributed by atoms with Gasteiger partial charge in [-0.2, -0.15) is 0 Å². The molecule has 0 saturated carbocycles. The lowest BCUT2D eigenvalue weighted by molar-refractivity contribution is 0.0425. The number of rotatable bonds is 8. The number of hydrogen-bond donors (Lipinski definition) is 0. The zero-order valence-corrected chi connectivity index (χ0v) is 14.3. The summed E-state index contributed by atoms with van der Waals surface area (Å²) in [4.78, 5) is 12.2. The molecule has 0 amide bonds. The molecule has 0 bridgehead atoms. The summed E-state index contributed by atoms with van der Waals surface area (Å²) in [6, 6.07) is 3.16. The summed E-state index contributed by atoms with van der Waals surface area (Å²) in [6.07, 6.45) is 4.31. The van der Waals surface area contributed by atoms with Crippen molar-refractivity contribution in [1.29, 1.82) is 0 Å². The van der Waals surface area contributed by atoms with Crippen LogP contribution in [-0.4, -0.2) is 19.7 Å². The van der Waals surface area contributed by atoms with E-state index in [0.29, 0.717) is 17.5 Å². The number of carbonyl (C=O) groups excluding carboxylic acids is 1. The fraction of sp³-hybridized carbons (Fsp3) is 0.562. The summed E-state index contributed by atoms with van der Waals surface area (Å²) in [6.45, 7) is 4.64. The number of benzene rings is 1. The number of halogens is 2. The van der Waals surface area contributed by atoms with Gasteiger partial charge in [0, 0.05) is 0 Å². The summed E-state index contributed by atoms with van der Waals surface area (Å²) in [7, 11) is 1.45. The molecule has 0 saturated heterocycles. The second-order valence-electron chi connectivity index (χ2n) is 4.95. The molecule has 1 aromatic carbocycles. The number of ether oxygens (including phenoxy) is 2. The maximum absolute atomic E-state index is 12.2. The summed E-state index contributed by atoms with van der Waals surface area (Å²) in [5.41, 5.74) is 0.192. The van der Waals surface area contributed by atoms with Crippen LogP contribution in [0.2, 0.25) is 10.0 Å². The van der Waals surface area contributed by atoms with Gasteiger partial charge in [0.1, 0.15) is 5.56 Å². The first-order valence-corrected chi connectivity index (χ1v) is 7.99. The molecule has 21 heavy (non-hydrogen) atoms. The highest BCUT2D eigenvalue weighted by atomic mass is 35.5. The van der Waals surface area contributed by atoms with Gasteiger partial charge in [0.05, 0.1) is 23.8 Å². The van der Waals surface area contributed by atoms with Crippen LogP contribution in [0.25, 0.3) is 0 Å². The molecular formula is C16H22Cl2O3. The SMILES string of the molecule is CCCC[C@H](CC)COC(=O)c1c(Cl)ccc(Cl)c1OC. The molecule has 0 spiro atoms. The predicted molar refractivity (Wildman–Crippen MR) is 86.6 cm³/mol. The smallest absolute Gasteiger partial charge is 0.343 e. The molecule has 0 heterocycles. The fourth-order valence-electron chi connectivity index (χ4n) is 2.09. The van der Waals surface area contributed by atoms with E-state index in [0.717, 1.165) is 25.7 Å². The van der Waals surface area contributed by atoms with Crippen molar-refractivity contribution in [3.8, 4) is 5.75 Å². The number of methoxy groups -OCH3 is 1. The third-order valence-electron chi connectivity index (χ3n) is 3.46. The standard InChI is InChI=1S/C16H22Cl2O3/c1-4-6-7-11(5-2)10-21-16(19)14-12(17)8-9-13(18)15(14)20-3/h8-9,11H,4-7,10H2,1-3H3/t11-/m0/s1. The van der Waals surface area contributed by atoms with Crippen molar-refractivity contribution in [2.45, 2.75) is 39.5 Å². The summed E-state index contributed by atoms with van der Waals surface area (Å²) >= 11 is 12.1. The summed E-state index contributed by atoms with van der Waals surface area (Å²) in [5, 5.41) is 0.620. The largest absolute Gasteiger partial charge is 0.494 e. The second-order valence-corrected chi connectivity index (χ2v) is 5.77. The van der Waals surface area contributed by atoms with Gasteiger partial charge in [-0.3, -0.25) is 0 Å². The van der Waals surface area contributed by atoms with E-state index in [4.69, 9.17) is 32.7 Å². The van der Waals surface area contributed by atoms with Gasteiger partial charge in [0.15, 0.2) is 5.75 Å². The molecule has 0 aliphatic carbocycles. The Morgan fingerprint density at radius 2 is 1.90 bits per heavy atom. The lowest BCUT2D eigenvalue weighted by Crippen LogP contribution is -2.15. The van der Waals surface area contributed by atoms with Gasteiger partial charge in [-0.1, -0.05) is 56.3 Å². The van der Waals surface area contributed by atoms with E-state index in [2.05, 4.69) is 13.8 Å². The lowest BCUT2D eigenvalue weighted by Gasteiger charge is -2.16. The van der Waals surface area contributed by atoms with E-state index in [1.165, 1.54) is 7.11 Å². The average molecular weight is 333 g/mol. The number of unbranched alkanes of at least 4 members (excludes halogenated alkanes) is 1. The van der Waals surface area contributed by atoms with Crippen molar-refractivity contribution in [3.05, 3.63) is 27.7 Å². The predicted octanol–water partition coefficient (Wildman–Crippen LogP) is 5.38. The first-order valence-electron chi connectivity index (χ1n) is 7.24. The van der Waals surface area contributed by atoms with Gasteiger partial charge in [-0.05, 0) is 24.5 Å². The van der Waals surface area contributed by atoms with Gasteiger partial charge in [0.25, 0.3) is 0 Å². The fourth-order valence-corrected chi connectivity index (χ4v) is 2.55. The van der Waals surface area contributed by atoms with E-state index in [9.17, 15) is 4.79 Å². The van der Waals surface area contributed by atoms with Gasteiger partial charge >= 0.3 is 5.97 Å². The minimum atomic E-state index is -0.491. The average Bonchev–Trinajstić information content (AvgIpc) is 2.49. The van der Waals surface area contributed by atoms with E-state index >= 15 is 0 Å². The summed E-state index contributed by atoms with van der Waals surface area (Å²) in [5.74, 6) is 0.142. The monoisotopic (exact) mass is 332 g/mol. The van der Waals surface area contributed by atoms with Crippen molar-refractivity contribution >= 4 is 29.2 Å². The molecule has 3 nitrogen and oxygen atoms in total. The Morgan fingerprint density at radius 3 is 2.48 bits per heavy atom. The van der Waals surface area contributed by atoms with Crippen molar-refractivity contribution in [2.75, 3.05) is 13.7 Å². The highest BCUT2D eigenvalue weighted by Crippen LogP contribution is 2.34. The maximum Gasteiger partial charge on any atom is 0.343 e. The summed E-state index contributed by atoms with van der Waals surface area (Å²) < 4.78 is 10.6. The van der Waals surface area contributed by atoms with Gasteiger partial charge in [0.2, 0.25) is 0 Å². The number of hydrogen-bond acceptors (Lipinski definition) is 3. The van der Waals surface area contributed by atoms with E-state index in [1.54, 1.807) is 12.1 Å². The first-order chi connectivity index (χ1) is 10.0. The van der Waals surface area contributed by atoms with Crippen LogP contribution in [0.5, 0.6) is 5.75 Å². The van der Waals surface area contributed by atoms with Crippen LogP contribution in [0.1, 0.15) is 49.9 Å². The molecule has 0 aliphatic heterocycles. The van der Waals surface area contributed by atoms with Crippen LogP contribution in [0.3, 0.4) is 0 Å². The normalized spacial score (nSPS) is 12.0. The quantitative estimate of drug-likeness (QED) is 0.600. The zero-order valence-electron chi connectivity index (χ0n) is 12.7. The Kier molecular flexibility index (Phi) is 7.91. The topological polar surface area (TPSA) is 35.5 Å². The Bertz CT molecular complexity index is 475. The zero-order chi connectivity index (χ0) is 15.8. The van der Waals surface area contributed by atoms with Crippen LogP contribution in [0.4, 0.5) is 0 Å². The lowest BCUT2D eigenvalue weighted by atomic mass is 10.0. The van der Waals surface area contributed by atoms with Gasteiger partial charge < -0.3 is 9.47 Å². The van der Waals surface area contributed by atoms with Crippen molar-refractivity contribution in [2.24, 2.45) is 5.92 Å². The van der Waals surface area contributed by atoms with Gasteiger partial charge in [-0.25, -0.2) is 4.79 Å². The van der Waals surface area contributed by atoms with E-state index < -0.39 is 5.97 Å². The minimum Gasteiger partial charge on any atom is -0.494 e. The third-order valence-corrected chi connectivity index (χ3v) is 4.07. The Labute approximate surface area is 136 Å². The van der Waals surface area contributed by atoms with Crippen LogP contribution >= 0.6 is 23.2 Å². The third kappa shape index (κ3) is 5.08.